The Kier molecular flexibility index (Phi) is 6.54. The molecule has 1 saturated heterocycles. The van der Waals surface area contributed by atoms with Gasteiger partial charge in [0, 0.05) is 37.1 Å². The zero-order chi connectivity index (χ0) is 22.7. The number of hydrogen-bond acceptors (Lipinski definition) is 8. The largest absolute Gasteiger partial charge is 0.497 e. The first-order valence-electron chi connectivity index (χ1n) is 10.0. The lowest BCUT2D eigenvalue weighted by Crippen LogP contribution is -2.48. The molecular weight excluding hydrogens is 450 g/mol. The second kappa shape index (κ2) is 9.35. The van der Waals surface area contributed by atoms with Crippen LogP contribution in [-0.4, -0.2) is 65.2 Å². The summed E-state index contributed by atoms with van der Waals surface area (Å²) < 4.78 is 43.4. The third kappa shape index (κ3) is 4.38. The highest BCUT2D eigenvalue weighted by atomic mass is 32.2. The second-order valence-corrected chi connectivity index (χ2v) is 9.92. The van der Waals surface area contributed by atoms with Gasteiger partial charge in [-0.15, -0.1) is 11.3 Å². The maximum Gasteiger partial charge on any atom is 0.243 e. The topological polar surface area (TPSA) is 81.2 Å². The molecule has 2 aromatic carbocycles. The highest BCUT2D eigenvalue weighted by Gasteiger charge is 2.29. The summed E-state index contributed by atoms with van der Waals surface area (Å²) in [7, 11) is 1.26. The summed E-state index contributed by atoms with van der Waals surface area (Å²) in [6.45, 7) is 1.92. The van der Waals surface area contributed by atoms with Gasteiger partial charge in [0.25, 0.3) is 0 Å². The molecule has 0 unspecified atom stereocenters. The molecule has 0 bridgehead atoms. The SMILES string of the molecule is COc1ccc(S(=O)(=O)N2CCN(c3nc(-c4cc(OC)ccc4OC)cs3)CC2)cc1. The van der Waals surface area contributed by atoms with Gasteiger partial charge in [-0.05, 0) is 42.5 Å². The Balaban J connectivity index is 1.47. The zero-order valence-electron chi connectivity index (χ0n) is 18.1. The van der Waals surface area contributed by atoms with Gasteiger partial charge < -0.3 is 19.1 Å². The number of ether oxygens (including phenoxy) is 3. The van der Waals surface area contributed by atoms with Gasteiger partial charge in [-0.3, -0.25) is 0 Å². The fourth-order valence-corrected chi connectivity index (χ4v) is 5.87. The Hall–Kier alpha value is -2.82. The Morgan fingerprint density at radius 3 is 2.16 bits per heavy atom. The number of benzene rings is 2. The average molecular weight is 476 g/mol. The zero-order valence-corrected chi connectivity index (χ0v) is 19.8. The molecule has 10 heteroatoms. The summed E-state index contributed by atoms with van der Waals surface area (Å²) in [5, 5.41) is 2.83. The van der Waals surface area contributed by atoms with Gasteiger partial charge in [0.05, 0.1) is 31.9 Å². The van der Waals surface area contributed by atoms with Crippen molar-refractivity contribution >= 4 is 26.5 Å². The number of hydrogen-bond donors (Lipinski definition) is 0. The van der Waals surface area contributed by atoms with Gasteiger partial charge in [-0.1, -0.05) is 0 Å². The Labute approximate surface area is 192 Å². The summed E-state index contributed by atoms with van der Waals surface area (Å²) >= 11 is 1.53. The molecule has 0 saturated carbocycles. The van der Waals surface area contributed by atoms with Crippen LogP contribution in [0.1, 0.15) is 0 Å². The molecule has 8 nitrogen and oxygen atoms in total. The van der Waals surface area contributed by atoms with E-state index in [0.29, 0.717) is 31.9 Å². The van der Waals surface area contributed by atoms with Gasteiger partial charge >= 0.3 is 0 Å². The van der Waals surface area contributed by atoms with Crippen LogP contribution in [-0.2, 0) is 10.0 Å². The van der Waals surface area contributed by atoms with Gasteiger partial charge in [-0.25, -0.2) is 13.4 Å². The first-order valence-corrected chi connectivity index (χ1v) is 12.4. The molecular formula is C22H25N3O5S2. The minimum absolute atomic E-state index is 0.272. The number of nitrogens with zero attached hydrogens (tertiary/aromatic N) is 3. The van der Waals surface area contributed by atoms with E-state index in [1.165, 1.54) is 15.6 Å². The Morgan fingerprint density at radius 2 is 1.53 bits per heavy atom. The van der Waals surface area contributed by atoms with Crippen LogP contribution in [0.4, 0.5) is 5.13 Å². The van der Waals surface area contributed by atoms with E-state index in [2.05, 4.69) is 4.90 Å². The Morgan fingerprint density at radius 1 is 0.875 bits per heavy atom. The fraction of sp³-hybridized carbons (Fsp3) is 0.318. The normalized spacial score (nSPS) is 14.9. The summed E-state index contributed by atoms with van der Waals surface area (Å²) in [6, 6.07) is 12.1. The van der Waals surface area contributed by atoms with E-state index in [1.807, 2.05) is 23.6 Å². The van der Waals surface area contributed by atoms with Gasteiger partial charge in [0.15, 0.2) is 5.13 Å². The molecule has 1 aliphatic heterocycles. The van der Waals surface area contributed by atoms with Crippen molar-refractivity contribution in [2.45, 2.75) is 4.90 Å². The van der Waals surface area contributed by atoms with Crippen molar-refractivity contribution < 1.29 is 22.6 Å². The van der Waals surface area contributed by atoms with Crippen LogP contribution in [0.15, 0.2) is 52.7 Å². The van der Waals surface area contributed by atoms with E-state index in [0.717, 1.165) is 27.9 Å². The maximum absolute atomic E-state index is 13.0. The van der Waals surface area contributed by atoms with Crippen molar-refractivity contribution in [3.05, 3.63) is 47.8 Å². The van der Waals surface area contributed by atoms with Crippen LogP contribution in [0.3, 0.4) is 0 Å². The van der Waals surface area contributed by atoms with Gasteiger partial charge in [0.2, 0.25) is 10.0 Å². The smallest absolute Gasteiger partial charge is 0.243 e. The molecule has 1 fully saturated rings. The van der Waals surface area contributed by atoms with E-state index < -0.39 is 10.0 Å². The average Bonchev–Trinajstić information content (AvgIpc) is 3.34. The van der Waals surface area contributed by atoms with Crippen molar-refractivity contribution in [2.24, 2.45) is 0 Å². The molecule has 0 amide bonds. The number of methoxy groups -OCH3 is 3. The first kappa shape index (κ1) is 22.4. The summed E-state index contributed by atoms with van der Waals surface area (Å²) in [4.78, 5) is 7.16. The highest BCUT2D eigenvalue weighted by molar-refractivity contribution is 7.89. The predicted octanol–water partition coefficient (Wildman–Crippen LogP) is 3.35. The lowest BCUT2D eigenvalue weighted by Gasteiger charge is -2.33. The monoisotopic (exact) mass is 475 g/mol. The lowest BCUT2D eigenvalue weighted by atomic mass is 10.1. The van der Waals surface area contributed by atoms with Crippen molar-refractivity contribution in [2.75, 3.05) is 52.4 Å². The quantitative estimate of drug-likeness (QED) is 0.518. The van der Waals surface area contributed by atoms with Crippen LogP contribution in [0.25, 0.3) is 11.3 Å². The van der Waals surface area contributed by atoms with E-state index >= 15 is 0 Å². The molecule has 2 heterocycles. The number of sulfonamides is 1. The molecule has 1 aliphatic rings. The molecule has 4 rings (SSSR count). The number of piperazine rings is 1. The molecule has 1 aromatic heterocycles. The van der Waals surface area contributed by atoms with Crippen molar-refractivity contribution in [1.82, 2.24) is 9.29 Å². The summed E-state index contributed by atoms with van der Waals surface area (Å²) in [5.74, 6) is 2.08. The standard InChI is InChI=1S/C22H25N3O5S2/c1-28-16-4-7-18(8-5-16)32(26,27)25-12-10-24(11-13-25)22-23-20(15-31-22)19-14-17(29-2)6-9-21(19)30-3/h4-9,14-15H,10-13H2,1-3H3. The molecule has 170 valence electrons. The molecule has 0 spiro atoms. The molecule has 32 heavy (non-hydrogen) atoms. The van der Waals surface area contributed by atoms with Crippen LogP contribution in [0.5, 0.6) is 17.2 Å². The third-order valence-corrected chi connectivity index (χ3v) is 8.20. The van der Waals surface area contributed by atoms with Gasteiger partial charge in [0.1, 0.15) is 17.2 Å². The van der Waals surface area contributed by atoms with Crippen LogP contribution < -0.4 is 19.1 Å². The first-order chi connectivity index (χ1) is 15.5. The lowest BCUT2D eigenvalue weighted by molar-refractivity contribution is 0.384. The summed E-state index contributed by atoms with van der Waals surface area (Å²) in [5.41, 5.74) is 1.66. The predicted molar refractivity (Wildman–Crippen MR) is 125 cm³/mol. The molecule has 0 radical (unpaired) electrons. The third-order valence-electron chi connectivity index (χ3n) is 5.38. The number of thiazole rings is 1. The minimum Gasteiger partial charge on any atom is -0.497 e. The number of aromatic nitrogens is 1. The van der Waals surface area contributed by atoms with Crippen molar-refractivity contribution in [1.29, 1.82) is 0 Å². The molecule has 0 N–H and O–H groups in total. The number of anilines is 1. The molecule has 3 aromatic rings. The van der Waals surface area contributed by atoms with Crippen LogP contribution in [0, 0.1) is 0 Å². The van der Waals surface area contributed by atoms with E-state index in [4.69, 9.17) is 19.2 Å². The molecule has 0 aliphatic carbocycles. The van der Waals surface area contributed by atoms with Crippen LogP contribution in [0.2, 0.25) is 0 Å². The summed E-state index contributed by atoms with van der Waals surface area (Å²) in [6.07, 6.45) is 0. The maximum atomic E-state index is 13.0. The second-order valence-electron chi connectivity index (χ2n) is 7.15. The van der Waals surface area contributed by atoms with E-state index in [1.54, 1.807) is 45.6 Å². The van der Waals surface area contributed by atoms with E-state index in [9.17, 15) is 8.42 Å². The van der Waals surface area contributed by atoms with Gasteiger partial charge in [-0.2, -0.15) is 4.31 Å². The van der Waals surface area contributed by atoms with Crippen molar-refractivity contribution in [3.8, 4) is 28.5 Å². The minimum atomic E-state index is -3.54. The van der Waals surface area contributed by atoms with E-state index in [-0.39, 0.29) is 4.90 Å². The van der Waals surface area contributed by atoms with Crippen LogP contribution >= 0.6 is 11.3 Å². The van der Waals surface area contributed by atoms with Crippen molar-refractivity contribution in [3.63, 3.8) is 0 Å². The number of rotatable bonds is 7. The highest BCUT2D eigenvalue weighted by Crippen LogP contribution is 2.36. The Bertz CT molecular complexity index is 1170. The molecule has 0 atom stereocenters. The fourth-order valence-electron chi connectivity index (χ4n) is 3.56.